The second-order valence-corrected chi connectivity index (χ2v) is 8.10. The van der Waals surface area contributed by atoms with Crippen LogP contribution < -0.4 is 4.74 Å². The molecule has 2 aromatic carbocycles. The minimum Gasteiger partial charge on any atom is -0.486 e. The molecule has 0 fully saturated rings. The number of carbonyl (C=O) groups is 1. The number of hydrogen-bond acceptors (Lipinski definition) is 5. The van der Waals surface area contributed by atoms with Crippen LogP contribution in [-0.2, 0) is 29.1 Å². The van der Waals surface area contributed by atoms with Crippen LogP contribution in [0.1, 0.15) is 28.2 Å². The molecule has 158 valence electrons. The fourth-order valence-electron chi connectivity index (χ4n) is 3.11. The number of nitrogens with zero attached hydrogens (tertiary/aromatic N) is 2. The van der Waals surface area contributed by atoms with E-state index < -0.39 is 0 Å². The standard InChI is InChI=1S/C24H28N2O3S/c1-19-8-6-11-22(14-19)29-17-23-25-21(18-30-23)16-26(12-7-13-28-2)24(27)15-20-9-4-3-5-10-20/h3-6,8-11,14,18H,7,12-13,15-17H2,1-2H3. The molecule has 0 unspecified atom stereocenters. The molecule has 0 saturated heterocycles. The van der Waals surface area contributed by atoms with Gasteiger partial charge in [0.2, 0.25) is 5.91 Å². The molecule has 0 N–H and O–H groups in total. The lowest BCUT2D eigenvalue weighted by molar-refractivity contribution is -0.131. The summed E-state index contributed by atoms with van der Waals surface area (Å²) in [5, 5.41) is 2.91. The van der Waals surface area contributed by atoms with Gasteiger partial charge >= 0.3 is 0 Å². The van der Waals surface area contributed by atoms with E-state index in [0.717, 1.165) is 34.0 Å². The van der Waals surface area contributed by atoms with Crippen LogP contribution in [0.4, 0.5) is 0 Å². The maximum absolute atomic E-state index is 12.9. The van der Waals surface area contributed by atoms with E-state index >= 15 is 0 Å². The number of benzene rings is 2. The van der Waals surface area contributed by atoms with E-state index in [1.807, 2.05) is 71.8 Å². The third kappa shape index (κ3) is 6.97. The molecular formula is C24H28N2O3S. The van der Waals surface area contributed by atoms with E-state index in [1.54, 1.807) is 18.4 Å². The number of methoxy groups -OCH3 is 1. The summed E-state index contributed by atoms with van der Waals surface area (Å²) in [6.07, 6.45) is 1.19. The molecule has 1 amide bonds. The van der Waals surface area contributed by atoms with Gasteiger partial charge in [-0.15, -0.1) is 11.3 Å². The number of hydrogen-bond donors (Lipinski definition) is 0. The first kappa shape index (κ1) is 22.0. The highest BCUT2D eigenvalue weighted by Gasteiger charge is 2.16. The predicted octanol–water partition coefficient (Wildman–Crippen LogP) is 4.64. The Bertz CT molecular complexity index is 927. The number of aromatic nitrogens is 1. The third-order valence-electron chi connectivity index (χ3n) is 4.63. The van der Waals surface area contributed by atoms with Gasteiger partial charge in [0.1, 0.15) is 17.4 Å². The van der Waals surface area contributed by atoms with Gasteiger partial charge in [-0.1, -0.05) is 42.5 Å². The maximum atomic E-state index is 12.9. The number of thiazole rings is 1. The van der Waals surface area contributed by atoms with Gasteiger partial charge in [0.25, 0.3) is 0 Å². The fourth-order valence-corrected chi connectivity index (χ4v) is 3.80. The first-order valence-corrected chi connectivity index (χ1v) is 11.0. The molecule has 0 aliphatic carbocycles. The summed E-state index contributed by atoms with van der Waals surface area (Å²) < 4.78 is 11.0. The molecule has 3 aromatic rings. The number of carbonyl (C=O) groups excluding carboxylic acids is 1. The van der Waals surface area contributed by atoms with E-state index in [1.165, 1.54) is 0 Å². The molecule has 0 atom stereocenters. The molecule has 1 aromatic heterocycles. The molecule has 0 saturated carbocycles. The molecule has 3 rings (SSSR count). The average molecular weight is 425 g/mol. The van der Waals surface area contributed by atoms with Crippen LogP contribution in [0.2, 0.25) is 0 Å². The Morgan fingerprint density at radius 1 is 1.13 bits per heavy atom. The van der Waals surface area contributed by atoms with Crippen molar-refractivity contribution in [1.29, 1.82) is 0 Å². The van der Waals surface area contributed by atoms with Crippen molar-refractivity contribution < 1.29 is 14.3 Å². The van der Waals surface area contributed by atoms with E-state index in [-0.39, 0.29) is 5.91 Å². The lowest BCUT2D eigenvalue weighted by Crippen LogP contribution is -2.33. The first-order valence-electron chi connectivity index (χ1n) is 10.1. The summed E-state index contributed by atoms with van der Waals surface area (Å²) in [6.45, 7) is 4.24. The minimum atomic E-state index is 0.0999. The number of aryl methyl sites for hydroxylation is 1. The highest BCUT2D eigenvalue weighted by Crippen LogP contribution is 2.18. The lowest BCUT2D eigenvalue weighted by atomic mass is 10.1. The summed E-state index contributed by atoms with van der Waals surface area (Å²) in [7, 11) is 1.68. The topological polar surface area (TPSA) is 51.7 Å². The second-order valence-electron chi connectivity index (χ2n) is 7.16. The highest BCUT2D eigenvalue weighted by atomic mass is 32.1. The van der Waals surface area contributed by atoms with Crippen molar-refractivity contribution >= 4 is 17.2 Å². The van der Waals surface area contributed by atoms with Crippen molar-refractivity contribution in [2.45, 2.75) is 32.9 Å². The summed E-state index contributed by atoms with van der Waals surface area (Å²) in [5.41, 5.74) is 3.07. The van der Waals surface area contributed by atoms with Gasteiger partial charge in [0.15, 0.2) is 0 Å². The van der Waals surface area contributed by atoms with E-state index in [4.69, 9.17) is 9.47 Å². The summed E-state index contributed by atoms with van der Waals surface area (Å²) in [4.78, 5) is 19.4. The molecular weight excluding hydrogens is 396 g/mol. The minimum absolute atomic E-state index is 0.0999. The predicted molar refractivity (Wildman–Crippen MR) is 120 cm³/mol. The normalized spacial score (nSPS) is 10.7. The van der Waals surface area contributed by atoms with Crippen molar-refractivity contribution in [3.05, 3.63) is 81.8 Å². The van der Waals surface area contributed by atoms with Crippen LogP contribution in [0.5, 0.6) is 5.75 Å². The quantitative estimate of drug-likeness (QED) is 0.421. The summed E-state index contributed by atoms with van der Waals surface area (Å²) >= 11 is 1.56. The Balaban J connectivity index is 1.60. The largest absolute Gasteiger partial charge is 0.486 e. The highest BCUT2D eigenvalue weighted by molar-refractivity contribution is 7.09. The summed E-state index contributed by atoms with van der Waals surface area (Å²) in [5.74, 6) is 0.939. The molecule has 0 radical (unpaired) electrons. The SMILES string of the molecule is COCCCN(Cc1csc(COc2cccc(C)c2)n1)C(=O)Cc1ccccc1. The fraction of sp³-hybridized carbons (Fsp3) is 0.333. The molecule has 0 aliphatic rings. The molecule has 0 bridgehead atoms. The molecule has 1 heterocycles. The van der Waals surface area contributed by atoms with Crippen LogP contribution in [-0.4, -0.2) is 36.1 Å². The molecule has 5 nitrogen and oxygen atoms in total. The van der Waals surface area contributed by atoms with E-state index in [0.29, 0.717) is 32.7 Å². The number of rotatable bonds is 11. The Morgan fingerprint density at radius 2 is 1.97 bits per heavy atom. The zero-order valence-corrected chi connectivity index (χ0v) is 18.4. The van der Waals surface area contributed by atoms with Crippen LogP contribution >= 0.6 is 11.3 Å². The lowest BCUT2D eigenvalue weighted by Gasteiger charge is -2.22. The van der Waals surface area contributed by atoms with Crippen molar-refractivity contribution in [3.63, 3.8) is 0 Å². The van der Waals surface area contributed by atoms with Crippen LogP contribution in [0, 0.1) is 6.92 Å². The van der Waals surface area contributed by atoms with Crippen LogP contribution in [0.15, 0.2) is 60.0 Å². The Morgan fingerprint density at radius 3 is 2.73 bits per heavy atom. The number of ether oxygens (including phenoxy) is 2. The zero-order chi connectivity index (χ0) is 21.2. The van der Waals surface area contributed by atoms with E-state index in [9.17, 15) is 4.79 Å². The zero-order valence-electron chi connectivity index (χ0n) is 17.5. The van der Waals surface area contributed by atoms with Gasteiger partial charge < -0.3 is 14.4 Å². The van der Waals surface area contributed by atoms with Gasteiger partial charge in [-0.05, 0) is 36.6 Å². The molecule has 30 heavy (non-hydrogen) atoms. The van der Waals surface area contributed by atoms with Gasteiger partial charge in [-0.25, -0.2) is 4.98 Å². The van der Waals surface area contributed by atoms with E-state index in [2.05, 4.69) is 4.98 Å². The summed E-state index contributed by atoms with van der Waals surface area (Å²) in [6, 6.07) is 17.8. The smallest absolute Gasteiger partial charge is 0.227 e. The molecule has 0 aliphatic heterocycles. The van der Waals surface area contributed by atoms with Crippen LogP contribution in [0.25, 0.3) is 0 Å². The number of amides is 1. The Hall–Kier alpha value is -2.70. The van der Waals surface area contributed by atoms with Gasteiger partial charge in [0, 0.05) is 25.6 Å². The Labute approximate surface area is 182 Å². The van der Waals surface area contributed by atoms with Gasteiger partial charge in [-0.2, -0.15) is 0 Å². The Kier molecular flexibility index (Phi) is 8.41. The molecule has 6 heteroatoms. The van der Waals surface area contributed by atoms with Crippen molar-refractivity contribution in [1.82, 2.24) is 9.88 Å². The molecule has 0 spiro atoms. The first-order chi connectivity index (χ1) is 14.6. The average Bonchev–Trinajstić information content (AvgIpc) is 3.20. The third-order valence-corrected chi connectivity index (χ3v) is 5.50. The van der Waals surface area contributed by atoms with Crippen molar-refractivity contribution in [2.24, 2.45) is 0 Å². The van der Waals surface area contributed by atoms with Gasteiger partial charge in [0.05, 0.1) is 18.7 Å². The second kappa shape index (κ2) is 11.5. The van der Waals surface area contributed by atoms with Gasteiger partial charge in [-0.3, -0.25) is 4.79 Å². The van der Waals surface area contributed by atoms with Crippen molar-refractivity contribution in [3.8, 4) is 5.75 Å². The monoisotopic (exact) mass is 424 g/mol. The van der Waals surface area contributed by atoms with Crippen molar-refractivity contribution in [2.75, 3.05) is 20.3 Å². The van der Waals surface area contributed by atoms with Crippen LogP contribution in [0.3, 0.4) is 0 Å². The maximum Gasteiger partial charge on any atom is 0.227 e.